The molecule has 0 bridgehead atoms. The molecule has 3 heterocycles. The van der Waals surface area contributed by atoms with Crippen molar-refractivity contribution in [3.8, 4) is 11.3 Å². The Balaban J connectivity index is 1.62. The van der Waals surface area contributed by atoms with Crippen molar-refractivity contribution in [2.45, 2.75) is 33.6 Å². The third-order valence-corrected chi connectivity index (χ3v) is 6.09. The van der Waals surface area contributed by atoms with Crippen LogP contribution in [0.4, 0.5) is 5.13 Å². The van der Waals surface area contributed by atoms with E-state index in [2.05, 4.69) is 30.2 Å². The Bertz CT molecular complexity index is 758. The van der Waals surface area contributed by atoms with Gasteiger partial charge in [0.2, 0.25) is 11.8 Å². The van der Waals surface area contributed by atoms with E-state index in [0.717, 1.165) is 11.3 Å². The minimum atomic E-state index is -0.0434. The molecule has 1 aliphatic rings. The van der Waals surface area contributed by atoms with Crippen LogP contribution in [-0.4, -0.2) is 34.8 Å². The zero-order valence-corrected chi connectivity index (χ0v) is 15.7. The number of hydrogen-bond donors (Lipinski definition) is 1. The predicted octanol–water partition coefficient (Wildman–Crippen LogP) is 3.69. The number of nitrogens with one attached hydrogen (secondary N) is 1. The number of amides is 2. The minimum Gasteiger partial charge on any atom is -0.343 e. The summed E-state index contributed by atoms with van der Waals surface area (Å²) in [7, 11) is 0. The second-order valence-electron chi connectivity index (χ2n) is 6.13. The van der Waals surface area contributed by atoms with Crippen molar-refractivity contribution < 1.29 is 9.59 Å². The highest BCUT2D eigenvalue weighted by molar-refractivity contribution is 7.14. The molecule has 128 valence electrons. The maximum Gasteiger partial charge on any atom is 0.229 e. The summed E-state index contributed by atoms with van der Waals surface area (Å²) in [6.07, 6.45) is 1.43. The molecular weight excluding hydrogens is 342 g/mol. The molecule has 0 aromatic carbocycles. The number of carbonyl (C=O) groups excluding carboxylic acids is 2. The van der Waals surface area contributed by atoms with Crippen molar-refractivity contribution in [2.75, 3.05) is 18.4 Å². The van der Waals surface area contributed by atoms with E-state index >= 15 is 0 Å². The van der Waals surface area contributed by atoms with E-state index in [1.165, 1.54) is 21.1 Å². The van der Waals surface area contributed by atoms with Crippen molar-refractivity contribution >= 4 is 39.6 Å². The number of carbonyl (C=O) groups is 2. The van der Waals surface area contributed by atoms with Crippen LogP contribution in [0.25, 0.3) is 11.3 Å². The number of thiazole rings is 1. The molecule has 0 saturated carbocycles. The first-order valence-electron chi connectivity index (χ1n) is 8.03. The van der Waals surface area contributed by atoms with Gasteiger partial charge in [-0.05, 0) is 32.8 Å². The van der Waals surface area contributed by atoms with Gasteiger partial charge in [-0.25, -0.2) is 4.98 Å². The SMILES string of the molecule is CC(=O)N1CCC(C(=O)Nc2nc(-c3cc(C)sc3C)cs2)CC1. The molecule has 0 aliphatic carbocycles. The summed E-state index contributed by atoms with van der Waals surface area (Å²) in [5.74, 6) is 0.0512. The molecule has 1 saturated heterocycles. The van der Waals surface area contributed by atoms with E-state index in [1.807, 2.05) is 5.38 Å². The highest BCUT2D eigenvalue weighted by atomic mass is 32.1. The molecule has 2 amide bonds. The summed E-state index contributed by atoms with van der Waals surface area (Å²) in [4.78, 5) is 32.6. The predicted molar refractivity (Wildman–Crippen MR) is 98.5 cm³/mol. The molecule has 2 aromatic heterocycles. The van der Waals surface area contributed by atoms with Crippen molar-refractivity contribution in [3.05, 3.63) is 21.2 Å². The zero-order chi connectivity index (χ0) is 17.3. The maximum atomic E-state index is 12.4. The molecule has 5 nitrogen and oxygen atoms in total. The van der Waals surface area contributed by atoms with Crippen molar-refractivity contribution in [1.82, 2.24) is 9.88 Å². The van der Waals surface area contributed by atoms with E-state index in [1.54, 1.807) is 23.2 Å². The molecule has 24 heavy (non-hydrogen) atoms. The van der Waals surface area contributed by atoms with E-state index in [0.29, 0.717) is 31.1 Å². The Morgan fingerprint density at radius 1 is 1.29 bits per heavy atom. The van der Waals surface area contributed by atoms with Crippen LogP contribution < -0.4 is 5.32 Å². The monoisotopic (exact) mass is 363 g/mol. The van der Waals surface area contributed by atoms with E-state index < -0.39 is 0 Å². The van der Waals surface area contributed by atoms with Crippen LogP contribution in [0.2, 0.25) is 0 Å². The molecule has 0 radical (unpaired) electrons. The van der Waals surface area contributed by atoms with E-state index in [4.69, 9.17) is 0 Å². The lowest BCUT2D eigenvalue weighted by molar-refractivity contribution is -0.132. The fourth-order valence-electron chi connectivity index (χ4n) is 3.00. The Hall–Kier alpha value is -1.73. The van der Waals surface area contributed by atoms with Gasteiger partial charge in [0.15, 0.2) is 5.13 Å². The molecule has 0 atom stereocenters. The number of anilines is 1. The Morgan fingerprint density at radius 2 is 2.00 bits per heavy atom. The van der Waals surface area contributed by atoms with Crippen molar-refractivity contribution in [3.63, 3.8) is 0 Å². The first-order chi connectivity index (χ1) is 11.4. The van der Waals surface area contributed by atoms with Crippen LogP contribution >= 0.6 is 22.7 Å². The average molecular weight is 364 g/mol. The lowest BCUT2D eigenvalue weighted by Gasteiger charge is -2.30. The van der Waals surface area contributed by atoms with Crippen LogP contribution in [-0.2, 0) is 9.59 Å². The van der Waals surface area contributed by atoms with Gasteiger partial charge in [0.1, 0.15) is 0 Å². The molecule has 2 aromatic rings. The van der Waals surface area contributed by atoms with Gasteiger partial charge in [-0.2, -0.15) is 0 Å². The smallest absolute Gasteiger partial charge is 0.229 e. The Morgan fingerprint density at radius 3 is 2.58 bits per heavy atom. The maximum absolute atomic E-state index is 12.4. The van der Waals surface area contributed by atoms with Gasteiger partial charge in [0.25, 0.3) is 0 Å². The average Bonchev–Trinajstić information content (AvgIpc) is 3.13. The third kappa shape index (κ3) is 3.67. The first-order valence-corrected chi connectivity index (χ1v) is 9.73. The highest BCUT2D eigenvalue weighted by Gasteiger charge is 2.26. The number of rotatable bonds is 3. The van der Waals surface area contributed by atoms with Crippen LogP contribution in [0.15, 0.2) is 11.4 Å². The molecular formula is C17H21N3O2S2. The molecule has 7 heteroatoms. The number of thiophene rings is 1. The van der Waals surface area contributed by atoms with Crippen molar-refractivity contribution in [1.29, 1.82) is 0 Å². The van der Waals surface area contributed by atoms with Gasteiger partial charge >= 0.3 is 0 Å². The Kier molecular flexibility index (Phi) is 5.01. The fourth-order valence-corrected chi connectivity index (χ4v) is 4.65. The zero-order valence-electron chi connectivity index (χ0n) is 14.1. The molecule has 1 aliphatic heterocycles. The summed E-state index contributed by atoms with van der Waals surface area (Å²) in [6.45, 7) is 7.07. The van der Waals surface area contributed by atoms with E-state index in [9.17, 15) is 9.59 Å². The lowest BCUT2D eigenvalue weighted by atomic mass is 9.96. The van der Waals surface area contributed by atoms with Crippen LogP contribution in [0.1, 0.15) is 29.5 Å². The number of aromatic nitrogens is 1. The van der Waals surface area contributed by atoms with Gasteiger partial charge in [-0.15, -0.1) is 22.7 Å². The standard InChI is InChI=1S/C17H21N3O2S2/c1-10-8-14(11(2)24-10)15-9-23-17(18-15)19-16(22)13-4-6-20(7-5-13)12(3)21/h8-9,13H,4-7H2,1-3H3,(H,18,19,22). The first kappa shape index (κ1) is 17.1. The second-order valence-corrected chi connectivity index (χ2v) is 8.45. The summed E-state index contributed by atoms with van der Waals surface area (Å²) >= 11 is 3.21. The Labute approximate surface area is 149 Å². The van der Waals surface area contributed by atoms with Crippen LogP contribution in [0.5, 0.6) is 0 Å². The highest BCUT2D eigenvalue weighted by Crippen LogP contribution is 2.32. The topological polar surface area (TPSA) is 62.3 Å². The molecule has 0 spiro atoms. The van der Waals surface area contributed by atoms with E-state index in [-0.39, 0.29) is 17.7 Å². The third-order valence-electron chi connectivity index (χ3n) is 4.36. The summed E-state index contributed by atoms with van der Waals surface area (Å²) in [5.41, 5.74) is 2.06. The van der Waals surface area contributed by atoms with Gasteiger partial charge in [0, 0.05) is 46.6 Å². The van der Waals surface area contributed by atoms with Gasteiger partial charge in [0.05, 0.1) is 5.69 Å². The quantitative estimate of drug-likeness (QED) is 0.905. The number of aryl methyl sites for hydroxylation is 2. The number of hydrogen-bond acceptors (Lipinski definition) is 5. The molecule has 1 fully saturated rings. The number of likely N-dealkylation sites (tertiary alicyclic amines) is 1. The normalized spacial score (nSPS) is 15.5. The lowest BCUT2D eigenvalue weighted by Crippen LogP contribution is -2.40. The minimum absolute atomic E-state index is 0.0114. The molecule has 0 unspecified atom stereocenters. The number of piperidine rings is 1. The molecule has 3 rings (SSSR count). The number of nitrogens with zero attached hydrogens (tertiary/aromatic N) is 2. The summed E-state index contributed by atoms with van der Waals surface area (Å²) in [5, 5.41) is 5.57. The van der Waals surface area contributed by atoms with Crippen LogP contribution in [0, 0.1) is 19.8 Å². The fraction of sp³-hybridized carbons (Fsp3) is 0.471. The summed E-state index contributed by atoms with van der Waals surface area (Å²) < 4.78 is 0. The second kappa shape index (κ2) is 7.03. The van der Waals surface area contributed by atoms with Crippen molar-refractivity contribution in [2.24, 2.45) is 5.92 Å². The van der Waals surface area contributed by atoms with Gasteiger partial charge in [-0.3, -0.25) is 9.59 Å². The largest absolute Gasteiger partial charge is 0.343 e. The summed E-state index contributed by atoms with van der Waals surface area (Å²) in [6, 6.07) is 2.14. The van der Waals surface area contributed by atoms with Gasteiger partial charge in [-0.1, -0.05) is 0 Å². The molecule has 1 N–H and O–H groups in total. The van der Waals surface area contributed by atoms with Crippen LogP contribution in [0.3, 0.4) is 0 Å². The van der Waals surface area contributed by atoms with Gasteiger partial charge < -0.3 is 10.2 Å².